The van der Waals surface area contributed by atoms with Crippen LogP contribution < -0.4 is 9.46 Å². The van der Waals surface area contributed by atoms with Gasteiger partial charge in [-0.05, 0) is 48.0 Å². The fourth-order valence-electron chi connectivity index (χ4n) is 2.11. The average molecular weight is 392 g/mol. The molecule has 1 N–H and O–H groups in total. The topological polar surface area (TPSA) is 75.7 Å². The molecule has 2 aromatic carbocycles. The number of nitrogens with zero attached hydrogens (tertiary/aromatic N) is 1. The van der Waals surface area contributed by atoms with Crippen molar-refractivity contribution in [1.29, 1.82) is 0 Å². The van der Waals surface area contributed by atoms with Crippen molar-refractivity contribution in [2.45, 2.75) is 0 Å². The van der Waals surface area contributed by atoms with Crippen LogP contribution in [-0.2, 0) is 14.8 Å². The molecular formula is C19H21FN2O4S. The van der Waals surface area contributed by atoms with Crippen molar-refractivity contribution >= 4 is 27.7 Å². The van der Waals surface area contributed by atoms with Crippen molar-refractivity contribution in [3.8, 4) is 5.75 Å². The molecule has 0 aliphatic rings. The maximum Gasteiger partial charge on any atom is 0.246 e. The van der Waals surface area contributed by atoms with Crippen LogP contribution in [-0.4, -0.2) is 45.7 Å². The van der Waals surface area contributed by atoms with Gasteiger partial charge in [-0.3, -0.25) is 9.52 Å². The largest absolute Gasteiger partial charge is 0.492 e. The molecule has 2 rings (SSSR count). The molecule has 1 amide bonds. The van der Waals surface area contributed by atoms with Crippen molar-refractivity contribution < 1.29 is 22.3 Å². The number of anilines is 1. The van der Waals surface area contributed by atoms with Crippen LogP contribution in [0.3, 0.4) is 0 Å². The third kappa shape index (κ3) is 7.49. The fourth-order valence-corrected chi connectivity index (χ4v) is 2.68. The second-order valence-corrected chi connectivity index (χ2v) is 7.64. The van der Waals surface area contributed by atoms with Gasteiger partial charge in [0.15, 0.2) is 0 Å². The zero-order chi connectivity index (χ0) is 19.9. The minimum absolute atomic E-state index is 0.198. The third-order valence-electron chi connectivity index (χ3n) is 3.52. The summed E-state index contributed by atoms with van der Waals surface area (Å²) in [5.41, 5.74) is 1.22. The van der Waals surface area contributed by atoms with Gasteiger partial charge in [-0.2, -0.15) is 0 Å². The summed E-state index contributed by atoms with van der Waals surface area (Å²) in [5.74, 6) is 0.00606. The molecule has 2 aromatic rings. The average Bonchev–Trinajstić information content (AvgIpc) is 2.61. The number of likely N-dealkylation sites (N-methyl/N-ethyl adjacent to an activating group) is 1. The fraction of sp³-hybridized carbons (Fsp3) is 0.211. The minimum atomic E-state index is -3.32. The van der Waals surface area contributed by atoms with Gasteiger partial charge in [0.1, 0.15) is 18.2 Å². The van der Waals surface area contributed by atoms with Gasteiger partial charge in [-0.25, -0.2) is 12.8 Å². The number of carbonyl (C=O) groups excluding carboxylic acids is 1. The molecule has 0 radical (unpaired) electrons. The van der Waals surface area contributed by atoms with E-state index in [2.05, 4.69) is 4.72 Å². The molecule has 0 heterocycles. The van der Waals surface area contributed by atoms with Gasteiger partial charge < -0.3 is 9.64 Å². The van der Waals surface area contributed by atoms with E-state index in [4.69, 9.17) is 4.74 Å². The number of rotatable bonds is 8. The highest BCUT2D eigenvalue weighted by Crippen LogP contribution is 2.12. The highest BCUT2D eigenvalue weighted by Gasteiger charge is 2.05. The molecular weight excluding hydrogens is 371 g/mol. The molecule has 0 unspecified atom stereocenters. The van der Waals surface area contributed by atoms with E-state index in [1.807, 2.05) is 0 Å². The van der Waals surface area contributed by atoms with E-state index in [1.165, 1.54) is 35.2 Å². The standard InChI is InChI=1S/C19H21FN2O4S/c1-22(13-14-26-18-10-6-16(20)7-11-18)19(23)12-5-15-3-8-17(9-4-15)21-27(2,24)25/h3-12,21H,13-14H2,1-2H3/b12-5+. The van der Waals surface area contributed by atoms with Crippen LogP contribution in [0, 0.1) is 5.82 Å². The number of amides is 1. The number of carbonyl (C=O) groups is 1. The first-order valence-corrected chi connectivity index (χ1v) is 10.0. The van der Waals surface area contributed by atoms with Gasteiger partial charge >= 0.3 is 0 Å². The number of hydrogen-bond donors (Lipinski definition) is 1. The van der Waals surface area contributed by atoms with Crippen LogP contribution in [0.4, 0.5) is 10.1 Å². The van der Waals surface area contributed by atoms with Crippen LogP contribution in [0.1, 0.15) is 5.56 Å². The van der Waals surface area contributed by atoms with Gasteiger partial charge in [0.2, 0.25) is 15.9 Å². The summed E-state index contributed by atoms with van der Waals surface area (Å²) >= 11 is 0. The summed E-state index contributed by atoms with van der Waals surface area (Å²) in [4.78, 5) is 13.6. The maximum atomic E-state index is 12.8. The monoisotopic (exact) mass is 392 g/mol. The van der Waals surface area contributed by atoms with Gasteiger partial charge in [-0.1, -0.05) is 12.1 Å². The van der Waals surface area contributed by atoms with Crippen molar-refractivity contribution in [2.75, 3.05) is 31.2 Å². The number of nitrogens with one attached hydrogen (secondary N) is 1. The lowest BCUT2D eigenvalue weighted by Gasteiger charge is -2.15. The molecule has 144 valence electrons. The van der Waals surface area contributed by atoms with Crippen LogP contribution in [0.2, 0.25) is 0 Å². The number of ether oxygens (including phenoxy) is 1. The number of hydrogen-bond acceptors (Lipinski definition) is 4. The predicted molar refractivity (Wildman–Crippen MR) is 103 cm³/mol. The predicted octanol–water partition coefficient (Wildman–Crippen LogP) is 2.75. The Bertz CT molecular complexity index is 894. The zero-order valence-electron chi connectivity index (χ0n) is 15.1. The Morgan fingerprint density at radius 3 is 2.37 bits per heavy atom. The molecule has 0 atom stereocenters. The summed E-state index contributed by atoms with van der Waals surface area (Å²) in [7, 11) is -1.66. The summed E-state index contributed by atoms with van der Waals surface area (Å²) in [6.07, 6.45) is 4.15. The number of benzene rings is 2. The first kappa shape index (κ1) is 20.4. The molecule has 0 spiro atoms. The lowest BCUT2D eigenvalue weighted by atomic mass is 10.2. The zero-order valence-corrected chi connectivity index (χ0v) is 15.9. The second-order valence-electron chi connectivity index (χ2n) is 5.89. The molecule has 0 saturated carbocycles. The Kier molecular flexibility index (Phi) is 6.95. The highest BCUT2D eigenvalue weighted by atomic mass is 32.2. The van der Waals surface area contributed by atoms with Crippen LogP contribution >= 0.6 is 0 Å². The Morgan fingerprint density at radius 1 is 1.15 bits per heavy atom. The lowest BCUT2D eigenvalue weighted by molar-refractivity contribution is -0.125. The highest BCUT2D eigenvalue weighted by molar-refractivity contribution is 7.92. The summed E-state index contributed by atoms with van der Waals surface area (Å²) < 4.78 is 43.0. The van der Waals surface area contributed by atoms with Crippen molar-refractivity contribution in [1.82, 2.24) is 4.90 Å². The minimum Gasteiger partial charge on any atom is -0.492 e. The molecule has 0 aromatic heterocycles. The van der Waals surface area contributed by atoms with Gasteiger partial charge in [0, 0.05) is 18.8 Å². The Hall–Kier alpha value is -2.87. The lowest BCUT2D eigenvalue weighted by Crippen LogP contribution is -2.29. The number of halogens is 1. The van der Waals surface area contributed by atoms with E-state index in [0.717, 1.165) is 11.8 Å². The first-order chi connectivity index (χ1) is 12.7. The van der Waals surface area contributed by atoms with Crippen LogP contribution in [0.25, 0.3) is 6.08 Å². The van der Waals surface area contributed by atoms with E-state index in [-0.39, 0.29) is 18.3 Å². The van der Waals surface area contributed by atoms with Crippen LogP contribution in [0.15, 0.2) is 54.6 Å². The third-order valence-corrected chi connectivity index (χ3v) is 4.12. The molecule has 0 saturated heterocycles. The molecule has 0 fully saturated rings. The van der Waals surface area contributed by atoms with Gasteiger partial charge in [-0.15, -0.1) is 0 Å². The molecule has 8 heteroatoms. The quantitative estimate of drug-likeness (QED) is 0.701. The molecule has 6 nitrogen and oxygen atoms in total. The van der Waals surface area contributed by atoms with E-state index < -0.39 is 10.0 Å². The summed E-state index contributed by atoms with van der Waals surface area (Å²) in [6, 6.07) is 12.3. The van der Waals surface area contributed by atoms with Crippen molar-refractivity contribution in [2.24, 2.45) is 0 Å². The van der Waals surface area contributed by atoms with Crippen molar-refractivity contribution in [3.63, 3.8) is 0 Å². The van der Waals surface area contributed by atoms with Gasteiger partial charge in [0.05, 0.1) is 12.8 Å². The van der Waals surface area contributed by atoms with E-state index in [9.17, 15) is 17.6 Å². The summed E-state index contributed by atoms with van der Waals surface area (Å²) in [5, 5.41) is 0. The summed E-state index contributed by atoms with van der Waals surface area (Å²) in [6.45, 7) is 0.658. The Balaban J connectivity index is 1.81. The van der Waals surface area contributed by atoms with E-state index >= 15 is 0 Å². The Morgan fingerprint density at radius 2 is 1.78 bits per heavy atom. The number of sulfonamides is 1. The SMILES string of the molecule is CN(CCOc1ccc(F)cc1)C(=O)/C=C/c1ccc(NS(C)(=O)=O)cc1. The van der Waals surface area contributed by atoms with E-state index in [1.54, 1.807) is 37.4 Å². The molecule has 0 aliphatic heterocycles. The smallest absolute Gasteiger partial charge is 0.246 e. The van der Waals surface area contributed by atoms with Crippen LogP contribution in [0.5, 0.6) is 5.75 Å². The first-order valence-electron chi connectivity index (χ1n) is 8.12. The molecule has 0 bridgehead atoms. The maximum absolute atomic E-state index is 12.8. The van der Waals surface area contributed by atoms with Crippen molar-refractivity contribution in [3.05, 3.63) is 66.0 Å². The van der Waals surface area contributed by atoms with E-state index in [0.29, 0.717) is 18.0 Å². The second kappa shape index (κ2) is 9.18. The Labute approximate surface area is 158 Å². The van der Waals surface area contributed by atoms with Gasteiger partial charge in [0.25, 0.3) is 0 Å². The molecule has 27 heavy (non-hydrogen) atoms. The molecule has 0 aliphatic carbocycles. The normalized spacial score (nSPS) is 11.4.